The maximum atomic E-state index is 13.4. The van der Waals surface area contributed by atoms with Gasteiger partial charge in [-0.15, -0.1) is 0 Å². The molecular formula is C33H36Cl2N2O. The minimum atomic E-state index is 0.0582. The quantitative estimate of drug-likeness (QED) is 0.300. The summed E-state index contributed by atoms with van der Waals surface area (Å²) in [6.45, 7) is 7.78. The summed E-state index contributed by atoms with van der Waals surface area (Å²) in [7, 11) is 1.91. The predicted octanol–water partition coefficient (Wildman–Crippen LogP) is 7.92. The molecule has 0 radical (unpaired) electrons. The Hall–Kier alpha value is -2.59. The molecule has 1 fully saturated rings. The number of nitrogens with zero attached hydrogens (tertiary/aromatic N) is 2. The van der Waals surface area contributed by atoms with Crippen LogP contribution in [0.15, 0.2) is 66.7 Å². The lowest BCUT2D eigenvalue weighted by Crippen LogP contribution is -2.42. The molecule has 0 aromatic heterocycles. The van der Waals surface area contributed by atoms with Gasteiger partial charge in [-0.1, -0.05) is 83.4 Å². The van der Waals surface area contributed by atoms with E-state index in [0.29, 0.717) is 16.6 Å². The van der Waals surface area contributed by atoms with E-state index < -0.39 is 0 Å². The third kappa shape index (κ3) is 5.57. The van der Waals surface area contributed by atoms with Crippen LogP contribution in [0, 0.1) is 13.8 Å². The van der Waals surface area contributed by atoms with Gasteiger partial charge in [0.1, 0.15) is 0 Å². The number of allylic oxidation sites excluding steroid dienone is 1. The summed E-state index contributed by atoms with van der Waals surface area (Å²) < 4.78 is 0. The molecule has 3 aromatic rings. The molecule has 5 rings (SSSR count). The highest BCUT2D eigenvalue weighted by atomic mass is 35.5. The number of carbonyl (C=O) groups is 1. The molecular weight excluding hydrogens is 511 g/mol. The summed E-state index contributed by atoms with van der Waals surface area (Å²) in [5.41, 5.74) is 7.04. The number of likely N-dealkylation sites (tertiary alicyclic amines) is 1. The summed E-state index contributed by atoms with van der Waals surface area (Å²) in [4.78, 5) is 17.9. The zero-order valence-corrected chi connectivity index (χ0v) is 24.0. The molecule has 3 nitrogen and oxygen atoms in total. The highest BCUT2D eigenvalue weighted by Crippen LogP contribution is 2.43. The van der Waals surface area contributed by atoms with E-state index >= 15 is 0 Å². The number of halogens is 2. The first-order valence-electron chi connectivity index (χ1n) is 13.5. The van der Waals surface area contributed by atoms with E-state index in [2.05, 4.69) is 47.4 Å². The molecule has 198 valence electrons. The minimum Gasteiger partial charge on any atom is -0.341 e. The van der Waals surface area contributed by atoms with Crippen molar-refractivity contribution in [2.75, 3.05) is 33.2 Å². The number of hydrogen-bond donors (Lipinski definition) is 0. The fourth-order valence-electron chi connectivity index (χ4n) is 6.10. The van der Waals surface area contributed by atoms with Crippen molar-refractivity contribution in [3.05, 3.63) is 110 Å². The van der Waals surface area contributed by atoms with Crippen LogP contribution in [0.25, 0.3) is 6.08 Å². The second-order valence-corrected chi connectivity index (χ2v) is 11.9. The standard InChI is InChI=1S/C33H36Cl2N2O/c1-23-8-9-24(2)28(20-23)32(38)36(3)22-27(26-10-11-30(34)31(35)21-26)13-17-37-18-15-33(16-19-37)14-12-25-6-4-5-7-29(25)33/h4-12,14,20-21,27H,13,15-19,22H2,1-3H3/t27-/m1/s1. The Morgan fingerprint density at radius 1 is 1.00 bits per heavy atom. The largest absolute Gasteiger partial charge is 0.341 e. The van der Waals surface area contributed by atoms with Gasteiger partial charge in [-0.2, -0.15) is 0 Å². The Balaban J connectivity index is 1.28. The zero-order chi connectivity index (χ0) is 26.9. The molecule has 1 atom stereocenters. The fourth-order valence-corrected chi connectivity index (χ4v) is 6.41. The highest BCUT2D eigenvalue weighted by Gasteiger charge is 2.37. The Kier molecular flexibility index (Phi) is 8.00. The number of aryl methyl sites for hydroxylation is 2. The molecule has 0 N–H and O–H groups in total. The van der Waals surface area contributed by atoms with Gasteiger partial charge in [0, 0.05) is 30.5 Å². The molecule has 1 amide bonds. The van der Waals surface area contributed by atoms with Crippen molar-refractivity contribution in [1.82, 2.24) is 9.80 Å². The van der Waals surface area contributed by atoms with Crippen LogP contribution in [-0.2, 0) is 5.41 Å². The van der Waals surface area contributed by atoms with E-state index in [4.69, 9.17) is 23.2 Å². The maximum Gasteiger partial charge on any atom is 0.253 e. The van der Waals surface area contributed by atoms with Crippen LogP contribution in [0.2, 0.25) is 10.0 Å². The van der Waals surface area contributed by atoms with Crippen molar-refractivity contribution in [3.8, 4) is 0 Å². The SMILES string of the molecule is Cc1ccc(C)c(C(=O)N(C)C[C@@H](CCN2CCC3(C=Cc4ccccc43)CC2)c2ccc(Cl)c(Cl)c2)c1. The second-order valence-electron chi connectivity index (χ2n) is 11.1. The van der Waals surface area contributed by atoms with E-state index in [9.17, 15) is 4.79 Å². The lowest BCUT2D eigenvalue weighted by atomic mass is 9.74. The molecule has 38 heavy (non-hydrogen) atoms. The molecule has 0 saturated carbocycles. The van der Waals surface area contributed by atoms with Gasteiger partial charge < -0.3 is 9.80 Å². The number of likely N-dealkylation sites (N-methyl/N-ethyl adjacent to an activating group) is 1. The van der Waals surface area contributed by atoms with Crippen molar-refractivity contribution in [2.45, 2.75) is 44.4 Å². The van der Waals surface area contributed by atoms with Gasteiger partial charge >= 0.3 is 0 Å². The lowest BCUT2D eigenvalue weighted by Gasteiger charge is -2.40. The van der Waals surface area contributed by atoms with Gasteiger partial charge in [0.15, 0.2) is 0 Å². The minimum absolute atomic E-state index is 0.0582. The number of benzene rings is 3. The first kappa shape index (κ1) is 27.0. The summed E-state index contributed by atoms with van der Waals surface area (Å²) >= 11 is 12.7. The van der Waals surface area contributed by atoms with Crippen LogP contribution in [-0.4, -0.2) is 48.9 Å². The van der Waals surface area contributed by atoms with Gasteiger partial charge in [0.05, 0.1) is 10.0 Å². The Labute approximate surface area is 237 Å². The number of carbonyl (C=O) groups excluding carboxylic acids is 1. The Morgan fingerprint density at radius 2 is 1.76 bits per heavy atom. The van der Waals surface area contributed by atoms with Crippen LogP contribution in [0.1, 0.15) is 63.4 Å². The van der Waals surface area contributed by atoms with Crippen molar-refractivity contribution in [3.63, 3.8) is 0 Å². The van der Waals surface area contributed by atoms with Crippen molar-refractivity contribution in [2.24, 2.45) is 0 Å². The van der Waals surface area contributed by atoms with Crippen molar-refractivity contribution < 1.29 is 4.79 Å². The summed E-state index contributed by atoms with van der Waals surface area (Å²) in [6, 6.07) is 20.8. The molecule has 3 aromatic carbocycles. The van der Waals surface area contributed by atoms with Gasteiger partial charge in [-0.05, 0) is 93.2 Å². The maximum absolute atomic E-state index is 13.4. The van der Waals surface area contributed by atoms with Crippen molar-refractivity contribution in [1.29, 1.82) is 0 Å². The predicted molar refractivity (Wildman–Crippen MR) is 160 cm³/mol. The Morgan fingerprint density at radius 3 is 2.53 bits per heavy atom. The average Bonchev–Trinajstić information content (AvgIpc) is 3.28. The van der Waals surface area contributed by atoms with Crippen LogP contribution in [0.5, 0.6) is 0 Å². The van der Waals surface area contributed by atoms with Crippen LogP contribution in [0.3, 0.4) is 0 Å². The molecule has 5 heteroatoms. The van der Waals surface area contributed by atoms with E-state index in [-0.39, 0.29) is 17.2 Å². The summed E-state index contributed by atoms with van der Waals surface area (Å²) in [5.74, 6) is 0.217. The smallest absolute Gasteiger partial charge is 0.253 e. The normalized spacial score (nSPS) is 17.0. The molecule has 0 bridgehead atoms. The first-order chi connectivity index (χ1) is 18.3. The number of rotatable bonds is 7. The average molecular weight is 548 g/mol. The summed E-state index contributed by atoms with van der Waals surface area (Å²) in [6.07, 6.45) is 7.96. The molecule has 1 heterocycles. The van der Waals surface area contributed by atoms with Gasteiger partial charge in [-0.3, -0.25) is 4.79 Å². The molecule has 1 aliphatic heterocycles. The molecule has 2 aliphatic rings. The topological polar surface area (TPSA) is 23.6 Å². The number of hydrogen-bond acceptors (Lipinski definition) is 2. The number of piperidine rings is 1. The molecule has 1 aliphatic carbocycles. The highest BCUT2D eigenvalue weighted by molar-refractivity contribution is 6.42. The van der Waals surface area contributed by atoms with Gasteiger partial charge in [0.2, 0.25) is 0 Å². The van der Waals surface area contributed by atoms with E-state index in [1.807, 2.05) is 56.1 Å². The van der Waals surface area contributed by atoms with E-state index in [1.54, 1.807) is 0 Å². The Bertz CT molecular complexity index is 1360. The fraction of sp³-hybridized carbons (Fsp3) is 0.364. The second kappa shape index (κ2) is 11.3. The number of amides is 1. The third-order valence-corrected chi connectivity index (χ3v) is 9.24. The summed E-state index contributed by atoms with van der Waals surface area (Å²) in [5, 5.41) is 1.12. The van der Waals surface area contributed by atoms with Crippen LogP contribution >= 0.6 is 23.2 Å². The van der Waals surface area contributed by atoms with E-state index in [0.717, 1.165) is 61.2 Å². The molecule has 0 unspecified atom stereocenters. The van der Waals surface area contributed by atoms with Crippen molar-refractivity contribution >= 4 is 35.2 Å². The van der Waals surface area contributed by atoms with Gasteiger partial charge in [0.25, 0.3) is 5.91 Å². The monoisotopic (exact) mass is 546 g/mol. The third-order valence-electron chi connectivity index (χ3n) is 8.50. The molecule has 1 saturated heterocycles. The zero-order valence-electron chi connectivity index (χ0n) is 22.5. The lowest BCUT2D eigenvalue weighted by molar-refractivity contribution is 0.0780. The first-order valence-corrected chi connectivity index (χ1v) is 14.3. The number of fused-ring (bicyclic) bond motifs is 2. The van der Waals surface area contributed by atoms with E-state index in [1.165, 1.54) is 11.1 Å². The van der Waals surface area contributed by atoms with Gasteiger partial charge in [-0.25, -0.2) is 0 Å². The molecule has 1 spiro atoms. The van der Waals surface area contributed by atoms with Crippen LogP contribution < -0.4 is 0 Å². The van der Waals surface area contributed by atoms with Crippen LogP contribution in [0.4, 0.5) is 0 Å².